The molecule has 0 fully saturated rings. The molecule has 0 spiro atoms. The van der Waals surface area contributed by atoms with Crippen LogP contribution in [-0.4, -0.2) is 11.7 Å². The molecular formula is C8H10ClNOS. The first-order valence-electron chi connectivity index (χ1n) is 3.87. The molecule has 4 heteroatoms. The van der Waals surface area contributed by atoms with Crippen molar-refractivity contribution in [2.45, 2.75) is 18.4 Å². The molecule has 1 aliphatic rings. The van der Waals surface area contributed by atoms with Crippen LogP contribution in [0.5, 0.6) is 0 Å². The van der Waals surface area contributed by atoms with Crippen LogP contribution in [0.4, 0.5) is 0 Å². The number of aryl methyl sites for hydroxylation is 1. The van der Waals surface area contributed by atoms with Crippen LogP contribution in [0.3, 0.4) is 0 Å². The van der Waals surface area contributed by atoms with E-state index in [0.717, 1.165) is 22.7 Å². The van der Waals surface area contributed by atoms with Crippen molar-refractivity contribution >= 4 is 22.9 Å². The molecule has 0 amide bonds. The first-order chi connectivity index (χ1) is 5.65. The highest BCUT2D eigenvalue weighted by molar-refractivity contribution is 7.16. The molecule has 66 valence electrons. The highest BCUT2D eigenvalue weighted by Gasteiger charge is 2.36. The Kier molecular flexibility index (Phi) is 1.92. The zero-order valence-corrected chi connectivity index (χ0v) is 8.08. The van der Waals surface area contributed by atoms with Crippen LogP contribution in [0.15, 0.2) is 6.07 Å². The number of thiophene rings is 1. The molecule has 1 unspecified atom stereocenters. The van der Waals surface area contributed by atoms with Gasteiger partial charge in [-0.1, -0.05) is 11.6 Å². The summed E-state index contributed by atoms with van der Waals surface area (Å²) < 4.78 is 0.742. The van der Waals surface area contributed by atoms with Gasteiger partial charge in [0.15, 0.2) is 0 Å². The molecule has 0 aromatic carbocycles. The number of hydrogen-bond donors (Lipinski definition) is 2. The Morgan fingerprint density at radius 3 is 3.17 bits per heavy atom. The zero-order chi connectivity index (χ0) is 8.77. The van der Waals surface area contributed by atoms with E-state index in [0.29, 0.717) is 0 Å². The Labute approximate surface area is 80.0 Å². The molecule has 3 N–H and O–H groups in total. The van der Waals surface area contributed by atoms with Gasteiger partial charge in [0, 0.05) is 17.0 Å². The van der Waals surface area contributed by atoms with Crippen molar-refractivity contribution < 1.29 is 5.11 Å². The lowest BCUT2D eigenvalue weighted by Gasteiger charge is -2.19. The Hall–Kier alpha value is -0.0900. The number of hydrogen-bond acceptors (Lipinski definition) is 3. The summed E-state index contributed by atoms with van der Waals surface area (Å²) in [4.78, 5) is 1.19. The second-order valence-electron chi connectivity index (χ2n) is 3.12. The predicted octanol–water partition coefficient (Wildman–Crippen LogP) is 1.49. The van der Waals surface area contributed by atoms with Crippen molar-refractivity contribution in [1.82, 2.24) is 0 Å². The fourth-order valence-electron chi connectivity index (χ4n) is 1.64. The van der Waals surface area contributed by atoms with Crippen molar-refractivity contribution in [2.75, 3.05) is 6.54 Å². The number of rotatable bonds is 1. The maximum atomic E-state index is 9.99. The quantitative estimate of drug-likeness (QED) is 0.727. The molecule has 0 saturated heterocycles. The number of fused-ring (bicyclic) bond motifs is 1. The maximum absolute atomic E-state index is 9.99. The predicted molar refractivity (Wildman–Crippen MR) is 50.6 cm³/mol. The number of nitrogens with two attached hydrogens (primary N) is 1. The first-order valence-corrected chi connectivity index (χ1v) is 5.06. The maximum Gasteiger partial charge on any atom is 0.103 e. The Morgan fingerprint density at radius 1 is 1.75 bits per heavy atom. The van der Waals surface area contributed by atoms with Crippen LogP contribution in [0.25, 0.3) is 0 Å². The molecule has 1 atom stereocenters. The Balaban J connectivity index is 2.47. The highest BCUT2D eigenvalue weighted by Crippen LogP contribution is 2.42. The molecule has 1 aromatic rings. The van der Waals surface area contributed by atoms with E-state index < -0.39 is 5.60 Å². The van der Waals surface area contributed by atoms with E-state index in [-0.39, 0.29) is 6.54 Å². The second kappa shape index (κ2) is 2.70. The second-order valence-corrected chi connectivity index (χ2v) is 4.89. The van der Waals surface area contributed by atoms with Gasteiger partial charge >= 0.3 is 0 Å². The zero-order valence-electron chi connectivity index (χ0n) is 6.51. The van der Waals surface area contributed by atoms with Crippen molar-refractivity contribution in [1.29, 1.82) is 0 Å². The average molecular weight is 204 g/mol. The molecule has 2 nitrogen and oxygen atoms in total. The third-order valence-corrected chi connectivity index (χ3v) is 3.71. The first kappa shape index (κ1) is 8.51. The van der Waals surface area contributed by atoms with Gasteiger partial charge in [-0.2, -0.15) is 0 Å². The third-order valence-electron chi connectivity index (χ3n) is 2.38. The molecule has 2 rings (SSSR count). The van der Waals surface area contributed by atoms with E-state index in [9.17, 15) is 5.11 Å². The summed E-state index contributed by atoms with van der Waals surface area (Å²) in [7, 11) is 0. The molecule has 1 aliphatic carbocycles. The normalized spacial score (nSPS) is 27.6. The summed E-state index contributed by atoms with van der Waals surface area (Å²) >= 11 is 7.37. The summed E-state index contributed by atoms with van der Waals surface area (Å²) in [5, 5.41) is 9.99. The van der Waals surface area contributed by atoms with Crippen molar-refractivity contribution in [2.24, 2.45) is 5.73 Å². The van der Waals surface area contributed by atoms with E-state index in [2.05, 4.69) is 0 Å². The molecule has 1 heterocycles. The van der Waals surface area contributed by atoms with Gasteiger partial charge < -0.3 is 10.8 Å². The summed E-state index contributed by atoms with van der Waals surface area (Å²) in [6, 6.07) is 1.83. The summed E-state index contributed by atoms with van der Waals surface area (Å²) in [5.41, 5.74) is 5.64. The van der Waals surface area contributed by atoms with Gasteiger partial charge in [0.25, 0.3) is 0 Å². The number of halogens is 1. The van der Waals surface area contributed by atoms with Gasteiger partial charge in [-0.05, 0) is 18.9 Å². The van der Waals surface area contributed by atoms with Crippen LogP contribution >= 0.6 is 22.9 Å². The topological polar surface area (TPSA) is 46.2 Å². The van der Waals surface area contributed by atoms with Crippen molar-refractivity contribution in [3.63, 3.8) is 0 Å². The largest absolute Gasteiger partial charge is 0.384 e. The number of aliphatic hydroxyl groups is 1. The highest BCUT2D eigenvalue weighted by atomic mass is 35.5. The van der Waals surface area contributed by atoms with Crippen LogP contribution in [-0.2, 0) is 12.0 Å². The van der Waals surface area contributed by atoms with Gasteiger partial charge in [0.1, 0.15) is 5.60 Å². The van der Waals surface area contributed by atoms with E-state index in [1.807, 2.05) is 6.07 Å². The van der Waals surface area contributed by atoms with Gasteiger partial charge in [0.05, 0.1) is 4.34 Å². The van der Waals surface area contributed by atoms with Crippen LogP contribution in [0.1, 0.15) is 16.9 Å². The summed E-state index contributed by atoms with van der Waals surface area (Å²) in [6.45, 7) is 0.285. The lowest BCUT2D eigenvalue weighted by atomic mass is 9.99. The smallest absolute Gasteiger partial charge is 0.103 e. The summed E-state index contributed by atoms with van der Waals surface area (Å²) in [5.74, 6) is 0. The molecule has 0 aliphatic heterocycles. The molecule has 0 bridgehead atoms. The lowest BCUT2D eigenvalue weighted by molar-refractivity contribution is 0.0482. The van der Waals surface area contributed by atoms with Gasteiger partial charge in [0.2, 0.25) is 0 Å². The van der Waals surface area contributed by atoms with Crippen molar-refractivity contribution in [3.8, 4) is 0 Å². The van der Waals surface area contributed by atoms with Crippen LogP contribution < -0.4 is 5.73 Å². The Morgan fingerprint density at radius 2 is 2.50 bits per heavy atom. The Bertz CT molecular complexity index is 312. The minimum Gasteiger partial charge on any atom is -0.384 e. The SMILES string of the molecule is NCC1(O)CCc2sc(Cl)cc21. The minimum absolute atomic E-state index is 0.285. The molecule has 12 heavy (non-hydrogen) atoms. The van der Waals surface area contributed by atoms with Gasteiger partial charge in [-0.15, -0.1) is 11.3 Å². The fourth-order valence-corrected chi connectivity index (χ4v) is 3.01. The summed E-state index contributed by atoms with van der Waals surface area (Å²) in [6.07, 6.45) is 1.64. The van der Waals surface area contributed by atoms with Gasteiger partial charge in [-0.25, -0.2) is 0 Å². The fraction of sp³-hybridized carbons (Fsp3) is 0.500. The minimum atomic E-state index is -0.807. The monoisotopic (exact) mass is 203 g/mol. The molecule has 0 radical (unpaired) electrons. The lowest BCUT2D eigenvalue weighted by Crippen LogP contribution is -2.31. The average Bonchev–Trinajstić information content (AvgIpc) is 2.53. The van der Waals surface area contributed by atoms with Crippen molar-refractivity contribution in [3.05, 3.63) is 20.8 Å². The third kappa shape index (κ3) is 1.09. The molecular weight excluding hydrogens is 194 g/mol. The van der Waals surface area contributed by atoms with E-state index in [1.54, 1.807) is 11.3 Å². The van der Waals surface area contributed by atoms with E-state index in [1.165, 1.54) is 4.88 Å². The van der Waals surface area contributed by atoms with Gasteiger partial charge in [-0.3, -0.25) is 0 Å². The van der Waals surface area contributed by atoms with E-state index >= 15 is 0 Å². The van der Waals surface area contributed by atoms with E-state index in [4.69, 9.17) is 17.3 Å². The van der Waals surface area contributed by atoms with Crippen LogP contribution in [0, 0.1) is 0 Å². The van der Waals surface area contributed by atoms with Crippen LogP contribution in [0.2, 0.25) is 4.34 Å². The standard InChI is InChI=1S/C8H10ClNOS/c9-7-3-5-6(12-7)1-2-8(5,11)4-10/h3,11H,1-2,4,10H2. The molecule has 0 saturated carbocycles. The molecule has 1 aromatic heterocycles.